The van der Waals surface area contributed by atoms with Crippen LogP contribution in [0.15, 0.2) is 22.7 Å². The van der Waals surface area contributed by atoms with Crippen molar-refractivity contribution < 1.29 is 9.59 Å². The second kappa shape index (κ2) is 7.97. The van der Waals surface area contributed by atoms with Gasteiger partial charge in [0, 0.05) is 22.3 Å². The van der Waals surface area contributed by atoms with Gasteiger partial charge in [-0.3, -0.25) is 9.59 Å². The average Bonchev–Trinajstić information content (AvgIpc) is 2.94. The van der Waals surface area contributed by atoms with Crippen molar-refractivity contribution >= 4 is 39.3 Å². The highest BCUT2D eigenvalue weighted by Gasteiger charge is 2.23. The fourth-order valence-corrected chi connectivity index (χ4v) is 3.48. The molecule has 0 bridgehead atoms. The molecule has 0 saturated heterocycles. The Morgan fingerprint density at radius 1 is 1.36 bits per heavy atom. The first kappa shape index (κ1) is 17.3. The van der Waals surface area contributed by atoms with Gasteiger partial charge < -0.3 is 11.1 Å². The first-order chi connectivity index (χ1) is 10.5. The molecule has 0 spiro atoms. The molecule has 2 amide bonds. The Kier molecular flexibility index (Phi) is 6.26. The predicted molar refractivity (Wildman–Crippen MR) is 90.6 cm³/mol. The van der Waals surface area contributed by atoms with E-state index < -0.39 is 11.9 Å². The zero-order valence-corrected chi connectivity index (χ0v) is 14.6. The van der Waals surface area contributed by atoms with Crippen LogP contribution < -0.4 is 11.1 Å². The highest BCUT2D eigenvalue weighted by atomic mass is 79.9. The number of primary amides is 1. The van der Waals surface area contributed by atoms with E-state index in [0.717, 1.165) is 22.9 Å². The quantitative estimate of drug-likeness (QED) is 0.787. The third kappa shape index (κ3) is 4.99. The van der Waals surface area contributed by atoms with Crippen LogP contribution in [0.1, 0.15) is 37.7 Å². The Hall–Kier alpha value is -1.07. The molecule has 3 N–H and O–H groups in total. The molecule has 1 aromatic rings. The molecular formula is C16H20BrClN2O2. The lowest BCUT2D eigenvalue weighted by Crippen LogP contribution is -2.46. The summed E-state index contributed by atoms with van der Waals surface area (Å²) >= 11 is 9.40. The summed E-state index contributed by atoms with van der Waals surface area (Å²) in [6.45, 7) is 0. The van der Waals surface area contributed by atoms with Gasteiger partial charge in [-0.25, -0.2) is 0 Å². The van der Waals surface area contributed by atoms with Crippen LogP contribution in [0, 0.1) is 5.92 Å². The Balaban J connectivity index is 1.98. The highest BCUT2D eigenvalue weighted by Crippen LogP contribution is 2.27. The van der Waals surface area contributed by atoms with Crippen LogP contribution in [0.5, 0.6) is 0 Å². The van der Waals surface area contributed by atoms with Crippen molar-refractivity contribution in [3.05, 3.63) is 33.3 Å². The molecule has 0 aliphatic heterocycles. The van der Waals surface area contributed by atoms with Crippen LogP contribution in [-0.2, 0) is 16.0 Å². The van der Waals surface area contributed by atoms with E-state index in [9.17, 15) is 9.59 Å². The van der Waals surface area contributed by atoms with Gasteiger partial charge in [-0.1, -0.05) is 40.4 Å². The molecule has 1 aliphatic carbocycles. The van der Waals surface area contributed by atoms with Gasteiger partial charge in [0.15, 0.2) is 0 Å². The van der Waals surface area contributed by atoms with Gasteiger partial charge in [-0.2, -0.15) is 0 Å². The van der Waals surface area contributed by atoms with E-state index in [-0.39, 0.29) is 5.91 Å². The molecular weight excluding hydrogens is 368 g/mol. The molecule has 1 fully saturated rings. The molecule has 1 aromatic carbocycles. The third-order valence-corrected chi connectivity index (χ3v) is 5.07. The average molecular weight is 388 g/mol. The van der Waals surface area contributed by atoms with Crippen molar-refractivity contribution in [2.75, 3.05) is 0 Å². The lowest BCUT2D eigenvalue weighted by Gasteiger charge is -2.18. The number of carbonyl (C=O) groups is 2. The van der Waals surface area contributed by atoms with Crippen molar-refractivity contribution in [1.29, 1.82) is 0 Å². The maximum absolute atomic E-state index is 12.1. The fraction of sp³-hybridized carbons (Fsp3) is 0.500. The number of halogens is 2. The first-order valence-electron chi connectivity index (χ1n) is 7.48. The van der Waals surface area contributed by atoms with Gasteiger partial charge in [0.2, 0.25) is 11.8 Å². The first-order valence-corrected chi connectivity index (χ1v) is 8.65. The predicted octanol–water partition coefficient (Wildman–Crippen LogP) is 3.20. The van der Waals surface area contributed by atoms with Crippen molar-refractivity contribution in [2.24, 2.45) is 11.7 Å². The maximum Gasteiger partial charge on any atom is 0.240 e. The molecule has 6 heteroatoms. The Labute approximate surface area is 143 Å². The maximum atomic E-state index is 12.1. The second-order valence-electron chi connectivity index (χ2n) is 5.82. The standard InChI is InChI=1S/C16H20BrClN2O2/c17-13-6-5-12(18)8-11(13)9-14(16(19)22)20-15(21)7-10-3-1-2-4-10/h5-6,8,10,14H,1-4,7,9H2,(H2,19,22)(H,20,21)/t14-/m0/s1. The van der Waals surface area contributed by atoms with Gasteiger partial charge in [0.1, 0.15) is 6.04 Å². The minimum atomic E-state index is -0.719. The minimum absolute atomic E-state index is 0.103. The molecule has 0 aromatic heterocycles. The largest absolute Gasteiger partial charge is 0.368 e. The smallest absolute Gasteiger partial charge is 0.240 e. The SMILES string of the molecule is NC(=O)[C@H](Cc1cc(Cl)ccc1Br)NC(=O)CC1CCCC1. The molecule has 1 saturated carbocycles. The summed E-state index contributed by atoms with van der Waals surface area (Å²) in [6.07, 6.45) is 5.36. The molecule has 1 atom stereocenters. The van der Waals surface area contributed by atoms with Crippen molar-refractivity contribution in [2.45, 2.75) is 44.6 Å². The Morgan fingerprint density at radius 3 is 2.68 bits per heavy atom. The van der Waals surface area contributed by atoms with E-state index in [4.69, 9.17) is 17.3 Å². The summed E-state index contributed by atoms with van der Waals surface area (Å²) in [6, 6.07) is 4.62. The van der Waals surface area contributed by atoms with E-state index in [1.807, 2.05) is 6.07 Å². The molecule has 2 rings (SSSR count). The molecule has 0 heterocycles. The van der Waals surface area contributed by atoms with Gasteiger partial charge in [0.25, 0.3) is 0 Å². The van der Waals surface area contributed by atoms with Crippen LogP contribution in [0.25, 0.3) is 0 Å². The molecule has 0 unspecified atom stereocenters. The van der Waals surface area contributed by atoms with Crippen LogP contribution >= 0.6 is 27.5 Å². The summed E-state index contributed by atoms with van der Waals surface area (Å²) in [4.78, 5) is 23.7. The topological polar surface area (TPSA) is 72.2 Å². The monoisotopic (exact) mass is 386 g/mol. The van der Waals surface area contributed by atoms with Crippen LogP contribution in [0.3, 0.4) is 0 Å². The highest BCUT2D eigenvalue weighted by molar-refractivity contribution is 9.10. The van der Waals surface area contributed by atoms with E-state index in [2.05, 4.69) is 21.2 Å². The normalized spacial score (nSPS) is 16.5. The van der Waals surface area contributed by atoms with Crippen molar-refractivity contribution in [3.8, 4) is 0 Å². The van der Waals surface area contributed by atoms with Gasteiger partial charge in [-0.05, 0) is 42.5 Å². The van der Waals surface area contributed by atoms with E-state index in [1.165, 1.54) is 12.8 Å². The summed E-state index contributed by atoms with van der Waals surface area (Å²) in [5, 5.41) is 3.34. The number of carbonyl (C=O) groups excluding carboxylic acids is 2. The summed E-state index contributed by atoms with van der Waals surface area (Å²) in [5.41, 5.74) is 6.27. The number of hydrogen-bond acceptors (Lipinski definition) is 2. The number of nitrogens with one attached hydrogen (secondary N) is 1. The molecule has 22 heavy (non-hydrogen) atoms. The second-order valence-corrected chi connectivity index (χ2v) is 7.11. The lowest BCUT2D eigenvalue weighted by molar-refractivity contribution is -0.127. The van der Waals surface area contributed by atoms with Crippen LogP contribution in [0.2, 0.25) is 5.02 Å². The van der Waals surface area contributed by atoms with Gasteiger partial charge in [-0.15, -0.1) is 0 Å². The van der Waals surface area contributed by atoms with E-state index >= 15 is 0 Å². The fourth-order valence-electron chi connectivity index (χ4n) is 2.87. The zero-order chi connectivity index (χ0) is 16.1. The van der Waals surface area contributed by atoms with Gasteiger partial charge in [0.05, 0.1) is 0 Å². The lowest BCUT2D eigenvalue weighted by atomic mass is 10.0. The van der Waals surface area contributed by atoms with Crippen LogP contribution in [0.4, 0.5) is 0 Å². The minimum Gasteiger partial charge on any atom is -0.368 e. The number of amides is 2. The van der Waals surface area contributed by atoms with E-state index in [0.29, 0.717) is 23.8 Å². The van der Waals surface area contributed by atoms with E-state index in [1.54, 1.807) is 12.1 Å². The Morgan fingerprint density at radius 2 is 2.05 bits per heavy atom. The number of nitrogens with two attached hydrogens (primary N) is 1. The number of benzene rings is 1. The summed E-state index contributed by atoms with van der Waals surface area (Å²) in [7, 11) is 0. The third-order valence-electron chi connectivity index (χ3n) is 4.06. The molecule has 4 nitrogen and oxygen atoms in total. The summed E-state index contributed by atoms with van der Waals surface area (Å²) < 4.78 is 0.841. The van der Waals surface area contributed by atoms with Crippen LogP contribution in [-0.4, -0.2) is 17.9 Å². The number of hydrogen-bond donors (Lipinski definition) is 2. The summed E-state index contributed by atoms with van der Waals surface area (Å²) in [5.74, 6) is -0.202. The van der Waals surface area contributed by atoms with Crippen molar-refractivity contribution in [1.82, 2.24) is 5.32 Å². The molecule has 120 valence electrons. The zero-order valence-electron chi connectivity index (χ0n) is 12.3. The Bertz CT molecular complexity index is 559. The molecule has 0 radical (unpaired) electrons. The molecule has 1 aliphatic rings. The number of rotatable bonds is 6. The van der Waals surface area contributed by atoms with Crippen molar-refractivity contribution in [3.63, 3.8) is 0 Å². The van der Waals surface area contributed by atoms with Gasteiger partial charge >= 0.3 is 0 Å².